The zero-order chi connectivity index (χ0) is 25.2. The van der Waals surface area contributed by atoms with Crippen molar-refractivity contribution in [2.45, 2.75) is 51.1 Å². The van der Waals surface area contributed by atoms with Crippen LogP contribution < -0.4 is 5.32 Å². The van der Waals surface area contributed by atoms with Gasteiger partial charge in [-0.2, -0.15) is 0 Å². The number of anilines is 1. The molecule has 8 heteroatoms. The van der Waals surface area contributed by atoms with Crippen molar-refractivity contribution in [1.29, 1.82) is 0 Å². The summed E-state index contributed by atoms with van der Waals surface area (Å²) in [7, 11) is 0. The standard InChI is InChI=1S/C28H29N3O4S/c1-18-8-6-7-11-24(18)30-27(32)26(36-28(30)29-20-9-4-3-5-10-20)17-22-13-15-25(35-22)23-14-12-21(31(33)34)16-19(23)2/h3-5,9-10,12-18,24,28-29H,6-8,11H2,1-2H3/b26-17-/t18-,24+,28?/m0/s1. The normalized spacial score (nSPS) is 23.3. The number of nitrogens with one attached hydrogen (secondary N) is 1. The van der Waals surface area contributed by atoms with Crippen molar-refractivity contribution in [3.8, 4) is 11.3 Å². The van der Waals surface area contributed by atoms with Crippen LogP contribution in [-0.4, -0.2) is 27.3 Å². The lowest BCUT2D eigenvalue weighted by molar-refractivity contribution is -0.384. The average Bonchev–Trinajstić information content (AvgIpc) is 3.44. The SMILES string of the molecule is Cc1cc([N+](=O)[O-])ccc1-c1ccc(/C=C2\SC(Nc3ccccc3)N([C@@H]3CCCC[C@@H]3C)C2=O)o1. The maximum absolute atomic E-state index is 13.7. The van der Waals surface area contributed by atoms with Crippen LogP contribution in [0.1, 0.15) is 43.9 Å². The molecule has 1 saturated heterocycles. The van der Waals surface area contributed by atoms with Gasteiger partial charge in [0.15, 0.2) is 5.50 Å². The molecule has 7 nitrogen and oxygen atoms in total. The van der Waals surface area contributed by atoms with Crippen molar-refractivity contribution < 1.29 is 14.1 Å². The fourth-order valence-corrected chi connectivity index (χ4v) is 6.30. The largest absolute Gasteiger partial charge is 0.457 e. The van der Waals surface area contributed by atoms with E-state index in [9.17, 15) is 14.9 Å². The van der Waals surface area contributed by atoms with E-state index in [1.807, 2.05) is 60.4 Å². The second-order valence-electron chi connectivity index (χ2n) is 9.49. The topological polar surface area (TPSA) is 88.6 Å². The Morgan fingerprint density at radius 3 is 2.61 bits per heavy atom. The first-order valence-electron chi connectivity index (χ1n) is 12.3. The number of rotatable bonds is 6. The summed E-state index contributed by atoms with van der Waals surface area (Å²) >= 11 is 1.52. The van der Waals surface area contributed by atoms with Crippen LogP contribution in [0, 0.1) is 23.0 Å². The van der Waals surface area contributed by atoms with Gasteiger partial charge in [0.25, 0.3) is 11.6 Å². The highest BCUT2D eigenvalue weighted by atomic mass is 32.2. The van der Waals surface area contributed by atoms with Gasteiger partial charge in [-0.3, -0.25) is 14.9 Å². The van der Waals surface area contributed by atoms with Gasteiger partial charge in [-0.1, -0.05) is 49.7 Å². The van der Waals surface area contributed by atoms with E-state index in [4.69, 9.17) is 4.42 Å². The van der Waals surface area contributed by atoms with Gasteiger partial charge in [-0.15, -0.1) is 0 Å². The number of hydrogen-bond donors (Lipinski definition) is 1. The van der Waals surface area contributed by atoms with E-state index in [0.29, 0.717) is 22.3 Å². The van der Waals surface area contributed by atoms with Crippen LogP contribution in [0.15, 0.2) is 70.0 Å². The van der Waals surface area contributed by atoms with Gasteiger partial charge in [0.2, 0.25) is 0 Å². The maximum Gasteiger partial charge on any atom is 0.269 e. The van der Waals surface area contributed by atoms with Crippen LogP contribution in [0.5, 0.6) is 0 Å². The number of hydrogen-bond acceptors (Lipinski definition) is 6. The molecular weight excluding hydrogens is 474 g/mol. The Hall–Kier alpha value is -3.52. The molecule has 3 aromatic rings. The van der Waals surface area contributed by atoms with E-state index in [2.05, 4.69) is 12.2 Å². The monoisotopic (exact) mass is 503 g/mol. The number of furan rings is 1. The summed E-state index contributed by atoms with van der Waals surface area (Å²) in [4.78, 5) is 27.0. The first-order chi connectivity index (χ1) is 17.4. The van der Waals surface area contributed by atoms with Gasteiger partial charge >= 0.3 is 0 Å². The molecule has 1 unspecified atom stereocenters. The second kappa shape index (κ2) is 10.2. The van der Waals surface area contributed by atoms with Crippen LogP contribution in [-0.2, 0) is 4.79 Å². The van der Waals surface area contributed by atoms with E-state index >= 15 is 0 Å². The summed E-state index contributed by atoms with van der Waals surface area (Å²) in [5, 5.41) is 14.6. The molecule has 36 heavy (non-hydrogen) atoms. The van der Waals surface area contributed by atoms with E-state index < -0.39 is 4.92 Å². The molecule has 1 amide bonds. The summed E-state index contributed by atoms with van der Waals surface area (Å²) in [6, 6.07) is 18.6. The second-order valence-corrected chi connectivity index (χ2v) is 10.6. The molecule has 1 N–H and O–H groups in total. The molecular formula is C28H29N3O4S. The van der Waals surface area contributed by atoms with Gasteiger partial charge in [0, 0.05) is 35.5 Å². The van der Waals surface area contributed by atoms with Gasteiger partial charge < -0.3 is 14.6 Å². The van der Waals surface area contributed by atoms with E-state index in [0.717, 1.165) is 36.1 Å². The van der Waals surface area contributed by atoms with Crippen molar-refractivity contribution in [1.82, 2.24) is 4.90 Å². The molecule has 1 saturated carbocycles. The Morgan fingerprint density at radius 1 is 1.11 bits per heavy atom. The molecule has 2 aliphatic rings. The lowest BCUT2D eigenvalue weighted by Crippen LogP contribution is -2.48. The molecule has 1 aliphatic carbocycles. The van der Waals surface area contributed by atoms with E-state index in [1.165, 1.54) is 30.3 Å². The first-order valence-corrected chi connectivity index (χ1v) is 13.2. The molecule has 1 aromatic heterocycles. The molecule has 3 atom stereocenters. The minimum atomic E-state index is -0.406. The number of carbonyl (C=O) groups excluding carboxylic acids is 1. The predicted molar refractivity (Wildman–Crippen MR) is 143 cm³/mol. The predicted octanol–water partition coefficient (Wildman–Crippen LogP) is 7.05. The van der Waals surface area contributed by atoms with E-state index in [1.54, 1.807) is 6.07 Å². The number of benzene rings is 2. The van der Waals surface area contributed by atoms with Crippen LogP contribution in [0.4, 0.5) is 11.4 Å². The Labute approximate surface area is 214 Å². The molecule has 2 fully saturated rings. The zero-order valence-corrected chi connectivity index (χ0v) is 21.2. The fraction of sp³-hybridized carbons (Fsp3) is 0.321. The van der Waals surface area contributed by atoms with Gasteiger partial charge in [-0.25, -0.2) is 0 Å². The number of nitro groups is 1. The van der Waals surface area contributed by atoms with Crippen molar-refractivity contribution in [2.24, 2.45) is 5.92 Å². The summed E-state index contributed by atoms with van der Waals surface area (Å²) in [6.07, 6.45) is 6.30. The number of thioether (sulfide) groups is 1. The molecule has 2 heterocycles. The molecule has 1 aliphatic heterocycles. The van der Waals surface area contributed by atoms with Crippen molar-refractivity contribution in [2.75, 3.05) is 5.32 Å². The smallest absolute Gasteiger partial charge is 0.269 e. The quantitative estimate of drug-likeness (QED) is 0.220. The van der Waals surface area contributed by atoms with Gasteiger partial charge in [0.05, 0.1) is 9.83 Å². The summed E-state index contributed by atoms with van der Waals surface area (Å²) in [5.74, 6) is 1.66. The maximum atomic E-state index is 13.7. The molecule has 0 spiro atoms. The molecule has 0 radical (unpaired) electrons. The fourth-order valence-electron chi connectivity index (χ4n) is 5.11. The highest BCUT2D eigenvalue weighted by molar-refractivity contribution is 8.05. The van der Waals surface area contributed by atoms with Crippen LogP contribution in [0.3, 0.4) is 0 Å². The van der Waals surface area contributed by atoms with Crippen molar-refractivity contribution >= 4 is 35.1 Å². The minimum Gasteiger partial charge on any atom is -0.457 e. The van der Waals surface area contributed by atoms with Crippen molar-refractivity contribution in [3.05, 3.63) is 87.0 Å². The molecule has 0 bridgehead atoms. The summed E-state index contributed by atoms with van der Waals surface area (Å²) < 4.78 is 6.07. The highest BCUT2D eigenvalue weighted by Gasteiger charge is 2.43. The van der Waals surface area contributed by atoms with Crippen LogP contribution in [0.25, 0.3) is 17.4 Å². The van der Waals surface area contributed by atoms with Crippen molar-refractivity contribution in [3.63, 3.8) is 0 Å². The minimum absolute atomic E-state index is 0.0247. The Bertz CT molecular complexity index is 1300. The lowest BCUT2D eigenvalue weighted by atomic mass is 9.85. The molecule has 5 rings (SSSR count). The van der Waals surface area contributed by atoms with E-state index in [-0.39, 0.29) is 23.1 Å². The number of nitrogens with zero attached hydrogens (tertiary/aromatic N) is 2. The van der Waals surface area contributed by atoms with Crippen LogP contribution >= 0.6 is 11.8 Å². The number of non-ortho nitro benzene ring substituents is 1. The first kappa shape index (κ1) is 24.2. The van der Waals surface area contributed by atoms with Crippen LogP contribution in [0.2, 0.25) is 0 Å². The third kappa shape index (κ3) is 4.91. The van der Waals surface area contributed by atoms with Gasteiger partial charge in [-0.05, 0) is 61.6 Å². The average molecular weight is 504 g/mol. The summed E-state index contributed by atoms with van der Waals surface area (Å²) in [5.41, 5.74) is 2.38. The number of carbonyl (C=O) groups is 1. The number of aryl methyl sites for hydroxylation is 1. The highest BCUT2D eigenvalue weighted by Crippen LogP contribution is 2.42. The summed E-state index contributed by atoms with van der Waals surface area (Å²) in [6.45, 7) is 4.07. The zero-order valence-electron chi connectivity index (χ0n) is 20.3. The third-order valence-corrected chi connectivity index (χ3v) is 8.13. The lowest BCUT2D eigenvalue weighted by Gasteiger charge is -2.39. The molecule has 2 aromatic carbocycles. The Balaban J connectivity index is 1.42. The molecule has 186 valence electrons. The number of nitro benzene ring substituents is 1. The Morgan fingerprint density at radius 2 is 1.89 bits per heavy atom. The van der Waals surface area contributed by atoms with Gasteiger partial charge in [0.1, 0.15) is 11.5 Å². The number of amides is 1. The third-order valence-electron chi connectivity index (χ3n) is 7.01. The number of para-hydroxylation sites is 1. The Kier molecular flexibility index (Phi) is 6.87.